The summed E-state index contributed by atoms with van der Waals surface area (Å²) >= 11 is 1.71. The molecule has 0 aliphatic carbocycles. The van der Waals surface area contributed by atoms with E-state index in [0.29, 0.717) is 12.3 Å². The number of carboxylic acid groups (broad SMARTS) is 1. The molecule has 2 fully saturated rings. The molecule has 8 heteroatoms. The highest BCUT2D eigenvalue weighted by molar-refractivity contribution is 7.99. The van der Waals surface area contributed by atoms with E-state index >= 15 is 0 Å². The number of likely N-dealkylation sites (N-methyl/N-ethyl adjacent to an activating group) is 1. The number of nitrogens with zero attached hydrogens (tertiary/aromatic N) is 3. The molecule has 2 aliphatic heterocycles. The Bertz CT molecular complexity index is 361. The summed E-state index contributed by atoms with van der Waals surface area (Å²) in [6.45, 7) is 4.06. The van der Waals surface area contributed by atoms with Gasteiger partial charge in [0.05, 0.1) is 12.5 Å². The van der Waals surface area contributed by atoms with Crippen molar-refractivity contribution in [3.63, 3.8) is 0 Å². The molecule has 0 bridgehead atoms. The van der Waals surface area contributed by atoms with E-state index in [4.69, 9.17) is 5.11 Å². The molecule has 0 saturated carbocycles. The van der Waals surface area contributed by atoms with Gasteiger partial charge in [0.1, 0.15) is 0 Å². The molecule has 1 unspecified atom stereocenters. The van der Waals surface area contributed by atoms with E-state index in [0.717, 1.165) is 31.9 Å². The van der Waals surface area contributed by atoms with Crippen molar-refractivity contribution >= 4 is 23.8 Å². The van der Waals surface area contributed by atoms with Crippen LogP contribution in [-0.4, -0.2) is 89.2 Å². The maximum Gasteiger partial charge on any atom is 0.332 e. The Morgan fingerprint density at radius 2 is 1.95 bits per heavy atom. The Morgan fingerprint density at radius 3 is 2.60 bits per heavy atom. The van der Waals surface area contributed by atoms with E-state index in [1.165, 1.54) is 0 Å². The molecule has 0 aromatic rings. The SMILES string of the molecule is CN1CCN(NC(=O)N2CCSCC2CC(=O)O)CC1. The van der Waals surface area contributed by atoms with Gasteiger partial charge in [0.25, 0.3) is 0 Å². The van der Waals surface area contributed by atoms with Crippen LogP contribution in [0.5, 0.6) is 0 Å². The molecule has 2 N–H and O–H groups in total. The summed E-state index contributed by atoms with van der Waals surface area (Å²) in [5, 5.41) is 10.9. The number of rotatable bonds is 3. The molecular weight excluding hydrogens is 280 g/mol. The zero-order valence-electron chi connectivity index (χ0n) is 11.7. The van der Waals surface area contributed by atoms with Crippen molar-refractivity contribution in [3.8, 4) is 0 Å². The number of hydrogen-bond donors (Lipinski definition) is 2. The van der Waals surface area contributed by atoms with Gasteiger partial charge in [-0.05, 0) is 7.05 Å². The molecule has 0 radical (unpaired) electrons. The van der Waals surface area contributed by atoms with Crippen molar-refractivity contribution in [1.82, 2.24) is 20.2 Å². The van der Waals surface area contributed by atoms with Gasteiger partial charge in [-0.15, -0.1) is 0 Å². The molecule has 2 rings (SSSR count). The molecule has 114 valence electrons. The Kier molecular flexibility index (Phi) is 5.50. The first-order chi connectivity index (χ1) is 9.56. The molecule has 2 aliphatic rings. The Labute approximate surface area is 123 Å². The van der Waals surface area contributed by atoms with Crippen LogP contribution >= 0.6 is 11.8 Å². The number of carbonyl (C=O) groups excluding carboxylic acids is 1. The average Bonchev–Trinajstić information content (AvgIpc) is 2.41. The quantitative estimate of drug-likeness (QED) is 0.749. The monoisotopic (exact) mass is 302 g/mol. The molecule has 0 aromatic heterocycles. The van der Waals surface area contributed by atoms with Gasteiger partial charge < -0.3 is 14.9 Å². The fourth-order valence-corrected chi connectivity index (χ4v) is 3.47. The lowest BCUT2D eigenvalue weighted by atomic mass is 10.2. The summed E-state index contributed by atoms with van der Waals surface area (Å²) in [6.07, 6.45) is 0.0170. The van der Waals surface area contributed by atoms with Crippen LogP contribution in [0.15, 0.2) is 0 Å². The Balaban J connectivity index is 1.87. The predicted octanol–water partition coefficient (Wildman–Crippen LogP) is -0.249. The molecule has 2 amide bonds. The van der Waals surface area contributed by atoms with E-state index < -0.39 is 5.97 Å². The van der Waals surface area contributed by atoms with E-state index in [-0.39, 0.29) is 18.5 Å². The molecule has 0 spiro atoms. The number of aliphatic carboxylic acids is 1. The summed E-state index contributed by atoms with van der Waals surface area (Å²) in [4.78, 5) is 27.1. The van der Waals surface area contributed by atoms with Crippen LogP contribution in [0.1, 0.15) is 6.42 Å². The first kappa shape index (κ1) is 15.4. The minimum absolute atomic E-state index is 0.0170. The van der Waals surface area contributed by atoms with Crippen molar-refractivity contribution in [2.75, 3.05) is 51.3 Å². The Morgan fingerprint density at radius 1 is 1.25 bits per heavy atom. The highest BCUT2D eigenvalue weighted by Crippen LogP contribution is 2.19. The maximum atomic E-state index is 12.3. The number of amides is 2. The molecule has 20 heavy (non-hydrogen) atoms. The van der Waals surface area contributed by atoms with Crippen LogP contribution < -0.4 is 5.43 Å². The van der Waals surface area contributed by atoms with Gasteiger partial charge >= 0.3 is 12.0 Å². The van der Waals surface area contributed by atoms with Crippen molar-refractivity contribution < 1.29 is 14.7 Å². The Hall–Kier alpha value is -0.990. The molecular formula is C12H22N4O3S. The third kappa shape index (κ3) is 4.26. The number of hydrazine groups is 1. The topological polar surface area (TPSA) is 76.1 Å². The van der Waals surface area contributed by atoms with Crippen molar-refractivity contribution in [3.05, 3.63) is 0 Å². The molecule has 0 aromatic carbocycles. The zero-order chi connectivity index (χ0) is 14.5. The fourth-order valence-electron chi connectivity index (χ4n) is 2.41. The van der Waals surface area contributed by atoms with Crippen LogP contribution in [0.2, 0.25) is 0 Å². The van der Waals surface area contributed by atoms with Gasteiger partial charge in [-0.3, -0.25) is 10.2 Å². The lowest BCUT2D eigenvalue weighted by molar-refractivity contribution is -0.138. The summed E-state index contributed by atoms with van der Waals surface area (Å²) in [6, 6.07) is -0.375. The van der Waals surface area contributed by atoms with E-state index in [2.05, 4.69) is 17.4 Å². The number of carbonyl (C=O) groups is 2. The zero-order valence-corrected chi connectivity index (χ0v) is 12.6. The van der Waals surface area contributed by atoms with E-state index in [1.54, 1.807) is 16.7 Å². The van der Waals surface area contributed by atoms with Crippen LogP contribution in [0.3, 0.4) is 0 Å². The summed E-state index contributed by atoms with van der Waals surface area (Å²) < 4.78 is 0. The normalized spacial score (nSPS) is 25.4. The third-order valence-corrected chi connectivity index (χ3v) is 4.75. The van der Waals surface area contributed by atoms with Crippen LogP contribution in [-0.2, 0) is 4.79 Å². The van der Waals surface area contributed by atoms with Crippen LogP contribution in [0.25, 0.3) is 0 Å². The first-order valence-electron chi connectivity index (χ1n) is 6.86. The summed E-state index contributed by atoms with van der Waals surface area (Å²) in [7, 11) is 2.06. The highest BCUT2D eigenvalue weighted by atomic mass is 32.2. The van der Waals surface area contributed by atoms with Crippen LogP contribution in [0, 0.1) is 0 Å². The van der Waals surface area contributed by atoms with Gasteiger partial charge in [0.2, 0.25) is 0 Å². The fraction of sp³-hybridized carbons (Fsp3) is 0.833. The first-order valence-corrected chi connectivity index (χ1v) is 8.02. The maximum absolute atomic E-state index is 12.3. The van der Waals surface area contributed by atoms with Gasteiger partial charge in [-0.1, -0.05) is 0 Å². The summed E-state index contributed by atoms with van der Waals surface area (Å²) in [5.74, 6) is 0.712. The average molecular weight is 302 g/mol. The number of hydrogen-bond acceptors (Lipinski definition) is 5. The second-order valence-corrected chi connectivity index (χ2v) is 6.38. The van der Waals surface area contributed by atoms with Gasteiger partial charge in [-0.2, -0.15) is 11.8 Å². The van der Waals surface area contributed by atoms with E-state index in [9.17, 15) is 9.59 Å². The lowest BCUT2D eigenvalue weighted by Crippen LogP contribution is -2.58. The number of urea groups is 1. The molecule has 2 heterocycles. The largest absolute Gasteiger partial charge is 0.481 e. The summed E-state index contributed by atoms with van der Waals surface area (Å²) in [5.41, 5.74) is 2.90. The van der Waals surface area contributed by atoms with Gasteiger partial charge in [0.15, 0.2) is 0 Å². The lowest BCUT2D eigenvalue weighted by Gasteiger charge is -2.38. The molecule has 1 atom stereocenters. The smallest absolute Gasteiger partial charge is 0.332 e. The van der Waals surface area contributed by atoms with Crippen molar-refractivity contribution in [2.24, 2.45) is 0 Å². The van der Waals surface area contributed by atoms with Crippen LogP contribution in [0.4, 0.5) is 4.79 Å². The third-order valence-electron chi connectivity index (χ3n) is 3.66. The second kappa shape index (κ2) is 7.14. The van der Waals surface area contributed by atoms with E-state index in [1.807, 2.05) is 5.01 Å². The number of piperazine rings is 1. The highest BCUT2D eigenvalue weighted by Gasteiger charge is 2.30. The van der Waals surface area contributed by atoms with Crippen molar-refractivity contribution in [2.45, 2.75) is 12.5 Å². The minimum Gasteiger partial charge on any atom is -0.481 e. The second-order valence-electron chi connectivity index (χ2n) is 5.23. The number of carboxylic acids is 1. The predicted molar refractivity (Wildman–Crippen MR) is 77.7 cm³/mol. The van der Waals surface area contributed by atoms with Gasteiger partial charge in [0, 0.05) is 44.2 Å². The number of nitrogens with one attached hydrogen (secondary N) is 1. The standard InChI is InChI=1S/C12H22N4O3S/c1-14-2-4-15(5-3-14)13-12(19)16-6-7-20-9-10(16)8-11(17)18/h10H,2-9H2,1H3,(H,13,19)(H,17,18). The molecule has 2 saturated heterocycles. The minimum atomic E-state index is -0.852. The molecule has 7 nitrogen and oxygen atoms in total. The van der Waals surface area contributed by atoms with Gasteiger partial charge in [-0.25, -0.2) is 9.80 Å². The number of thioether (sulfide) groups is 1. The van der Waals surface area contributed by atoms with Crippen molar-refractivity contribution in [1.29, 1.82) is 0 Å².